The van der Waals surface area contributed by atoms with Gasteiger partial charge in [-0.2, -0.15) is 0 Å². The zero-order valence-electron chi connectivity index (χ0n) is 34.5. The first-order valence-electron chi connectivity index (χ1n) is 22.0. The van der Waals surface area contributed by atoms with Crippen molar-refractivity contribution in [3.63, 3.8) is 0 Å². The second-order valence-electron chi connectivity index (χ2n) is 14.6. The van der Waals surface area contributed by atoms with Gasteiger partial charge in [-0.05, 0) is 70.6 Å². The summed E-state index contributed by atoms with van der Waals surface area (Å²) < 4.78 is 33.4. The van der Waals surface area contributed by atoms with Gasteiger partial charge in [0.1, 0.15) is 6.10 Å². The number of hydrogen-bond acceptors (Lipinski definition) is 7. The highest BCUT2D eigenvalue weighted by molar-refractivity contribution is 7.47. The minimum atomic E-state index is -4.28. The second-order valence-corrected chi connectivity index (χ2v) is 16.0. The third kappa shape index (κ3) is 41.7. The molecule has 0 aromatic carbocycles. The quantitative estimate of drug-likeness (QED) is 0.0273. The van der Waals surface area contributed by atoms with Crippen LogP contribution in [0.25, 0.3) is 0 Å². The van der Waals surface area contributed by atoms with Gasteiger partial charge in [0, 0.05) is 19.6 Å². The SMILES string of the molecule is CCCCC/C=C\C/C=C\CCCCCCCCOCC(COP(=O)(O)OCCN)OC(=O)CCCCCCCCC/C=C\CCCCCCCCC. The molecule has 9 heteroatoms. The van der Waals surface area contributed by atoms with Crippen molar-refractivity contribution in [1.29, 1.82) is 0 Å². The lowest BCUT2D eigenvalue weighted by molar-refractivity contribution is -0.154. The van der Waals surface area contributed by atoms with E-state index in [2.05, 4.69) is 50.3 Å². The van der Waals surface area contributed by atoms with Gasteiger partial charge >= 0.3 is 13.8 Å². The molecule has 3 N–H and O–H groups in total. The van der Waals surface area contributed by atoms with E-state index in [-0.39, 0.29) is 32.3 Å². The summed E-state index contributed by atoms with van der Waals surface area (Å²) in [5.41, 5.74) is 5.37. The summed E-state index contributed by atoms with van der Waals surface area (Å²) in [5, 5.41) is 0. The Morgan fingerprint density at radius 2 is 1.00 bits per heavy atom. The molecule has 0 bridgehead atoms. The lowest BCUT2D eigenvalue weighted by atomic mass is 10.1. The molecule has 0 heterocycles. The Hall–Kier alpha value is -1.28. The number of nitrogens with two attached hydrogens (primary N) is 1. The highest BCUT2D eigenvalue weighted by Crippen LogP contribution is 2.43. The van der Waals surface area contributed by atoms with Crippen molar-refractivity contribution < 1.29 is 32.8 Å². The van der Waals surface area contributed by atoms with Crippen molar-refractivity contribution in [3.8, 4) is 0 Å². The van der Waals surface area contributed by atoms with Crippen molar-refractivity contribution in [2.24, 2.45) is 5.73 Å². The number of hydrogen-bond donors (Lipinski definition) is 2. The monoisotopic (exact) mass is 770 g/mol. The zero-order valence-corrected chi connectivity index (χ0v) is 35.4. The van der Waals surface area contributed by atoms with Crippen molar-refractivity contribution in [1.82, 2.24) is 0 Å². The van der Waals surface area contributed by atoms with E-state index in [0.29, 0.717) is 13.0 Å². The van der Waals surface area contributed by atoms with E-state index in [4.69, 9.17) is 24.3 Å². The third-order valence-electron chi connectivity index (χ3n) is 9.28. The summed E-state index contributed by atoms with van der Waals surface area (Å²) in [6, 6.07) is 0. The van der Waals surface area contributed by atoms with Crippen LogP contribution in [-0.4, -0.2) is 49.9 Å². The Morgan fingerprint density at radius 1 is 0.566 bits per heavy atom. The smallest absolute Gasteiger partial charge is 0.457 e. The number of phosphoric ester groups is 1. The number of unbranched alkanes of at least 4 members (excludes halogenated alkanes) is 23. The molecule has 0 aromatic heterocycles. The minimum absolute atomic E-state index is 0.0976. The third-order valence-corrected chi connectivity index (χ3v) is 10.3. The van der Waals surface area contributed by atoms with Crippen LogP contribution in [0.5, 0.6) is 0 Å². The van der Waals surface area contributed by atoms with Crippen molar-refractivity contribution in [2.75, 3.05) is 33.0 Å². The Morgan fingerprint density at radius 3 is 1.53 bits per heavy atom. The van der Waals surface area contributed by atoms with Gasteiger partial charge in [-0.15, -0.1) is 0 Å². The normalized spacial score (nSPS) is 13.8. The number of allylic oxidation sites excluding steroid dienone is 6. The van der Waals surface area contributed by atoms with Crippen LogP contribution in [0, 0.1) is 0 Å². The van der Waals surface area contributed by atoms with Crippen LogP contribution < -0.4 is 5.73 Å². The predicted molar refractivity (Wildman–Crippen MR) is 224 cm³/mol. The number of esters is 1. The van der Waals surface area contributed by atoms with Crippen molar-refractivity contribution in [2.45, 2.75) is 206 Å². The first-order valence-corrected chi connectivity index (χ1v) is 23.5. The van der Waals surface area contributed by atoms with E-state index in [9.17, 15) is 14.3 Å². The Labute approximate surface area is 327 Å². The van der Waals surface area contributed by atoms with Crippen LogP contribution in [0.2, 0.25) is 0 Å². The molecule has 0 aromatic rings. The average molecular weight is 770 g/mol. The summed E-state index contributed by atoms with van der Waals surface area (Å²) in [7, 11) is -4.28. The topological polar surface area (TPSA) is 117 Å². The molecule has 0 amide bonds. The summed E-state index contributed by atoms with van der Waals surface area (Å²) in [5.74, 6) is -0.338. The lowest BCUT2D eigenvalue weighted by Gasteiger charge is -2.20. The molecule has 2 unspecified atom stereocenters. The zero-order chi connectivity index (χ0) is 38.8. The minimum Gasteiger partial charge on any atom is -0.457 e. The van der Waals surface area contributed by atoms with Crippen molar-refractivity contribution >= 4 is 13.8 Å². The molecule has 0 fully saturated rings. The standard InChI is InChI=1S/C44H84NO7P/c1-3-5-7-9-11-13-15-17-19-21-22-23-25-27-29-31-33-35-37-44(46)52-43(42-51-53(47,48)50-40-38-45)41-49-39-36-34-32-30-28-26-24-20-18-16-14-12-10-8-6-4-2/h12,14,18-21,43H,3-11,13,15-17,22-42,45H2,1-2H3,(H,47,48)/b14-12-,20-18-,21-19-. The van der Waals surface area contributed by atoms with Crippen molar-refractivity contribution in [3.05, 3.63) is 36.5 Å². The molecular formula is C44H84NO7P. The van der Waals surface area contributed by atoms with Gasteiger partial charge in [-0.3, -0.25) is 13.8 Å². The number of ether oxygens (including phenoxy) is 2. The van der Waals surface area contributed by atoms with Gasteiger partial charge in [0.15, 0.2) is 0 Å². The largest absolute Gasteiger partial charge is 0.472 e. The van der Waals surface area contributed by atoms with Gasteiger partial charge < -0.3 is 20.1 Å². The van der Waals surface area contributed by atoms with Gasteiger partial charge in [0.2, 0.25) is 0 Å². The molecule has 0 rings (SSSR count). The molecule has 0 spiro atoms. The Bertz CT molecular complexity index is 910. The molecular weight excluding hydrogens is 685 g/mol. The molecule has 2 atom stereocenters. The fourth-order valence-corrected chi connectivity index (χ4v) is 6.79. The Kier molecular flexibility index (Phi) is 40.9. The fourth-order valence-electron chi connectivity index (χ4n) is 6.02. The Balaban J connectivity index is 4.04. The number of rotatable bonds is 42. The molecule has 0 saturated heterocycles. The fraction of sp³-hybridized carbons (Fsp3) is 0.841. The van der Waals surface area contributed by atoms with E-state index in [0.717, 1.165) is 51.4 Å². The van der Waals surface area contributed by atoms with E-state index in [1.54, 1.807) is 0 Å². The summed E-state index contributed by atoms with van der Waals surface area (Å²) in [4.78, 5) is 22.5. The molecule has 0 aliphatic rings. The van der Waals surface area contributed by atoms with E-state index in [1.807, 2.05) is 0 Å². The van der Waals surface area contributed by atoms with Crippen LogP contribution in [0.4, 0.5) is 0 Å². The predicted octanol–water partition coefficient (Wildman–Crippen LogP) is 13.0. The summed E-state index contributed by atoms with van der Waals surface area (Å²) in [6.45, 7) is 4.88. The van der Waals surface area contributed by atoms with Crippen LogP contribution in [0.15, 0.2) is 36.5 Å². The van der Waals surface area contributed by atoms with Gasteiger partial charge in [-0.1, -0.05) is 159 Å². The highest BCUT2D eigenvalue weighted by Gasteiger charge is 2.25. The van der Waals surface area contributed by atoms with Gasteiger partial charge in [0.05, 0.1) is 19.8 Å². The van der Waals surface area contributed by atoms with Crippen LogP contribution in [0.3, 0.4) is 0 Å². The van der Waals surface area contributed by atoms with Crippen LogP contribution in [-0.2, 0) is 27.9 Å². The number of phosphoric acid groups is 1. The van der Waals surface area contributed by atoms with Crippen LogP contribution in [0.1, 0.15) is 200 Å². The molecule has 312 valence electrons. The van der Waals surface area contributed by atoms with E-state index in [1.165, 1.54) is 128 Å². The number of carbonyl (C=O) groups is 1. The molecule has 0 radical (unpaired) electrons. The summed E-state index contributed by atoms with van der Waals surface area (Å²) in [6.07, 6.45) is 47.3. The maximum Gasteiger partial charge on any atom is 0.472 e. The lowest BCUT2D eigenvalue weighted by Crippen LogP contribution is -2.28. The average Bonchev–Trinajstić information content (AvgIpc) is 3.15. The second kappa shape index (κ2) is 41.9. The first-order chi connectivity index (χ1) is 25.9. The molecule has 0 aliphatic heterocycles. The van der Waals surface area contributed by atoms with E-state index < -0.39 is 13.9 Å². The number of carbonyl (C=O) groups excluding carboxylic acids is 1. The highest BCUT2D eigenvalue weighted by atomic mass is 31.2. The molecule has 53 heavy (non-hydrogen) atoms. The summed E-state index contributed by atoms with van der Waals surface area (Å²) >= 11 is 0. The maximum atomic E-state index is 12.6. The molecule has 0 aliphatic carbocycles. The van der Waals surface area contributed by atoms with Gasteiger partial charge in [-0.25, -0.2) is 4.57 Å². The molecule has 0 saturated carbocycles. The maximum absolute atomic E-state index is 12.6. The van der Waals surface area contributed by atoms with Crippen LogP contribution >= 0.6 is 7.82 Å². The molecule has 8 nitrogen and oxygen atoms in total. The first kappa shape index (κ1) is 51.7. The van der Waals surface area contributed by atoms with Gasteiger partial charge in [0.25, 0.3) is 0 Å². The van der Waals surface area contributed by atoms with E-state index >= 15 is 0 Å².